The van der Waals surface area contributed by atoms with E-state index in [-0.39, 0.29) is 35.3 Å². The van der Waals surface area contributed by atoms with Crippen LogP contribution in [0.1, 0.15) is 5.56 Å². The van der Waals surface area contributed by atoms with Gasteiger partial charge < -0.3 is 24.3 Å². The third kappa shape index (κ3) is 4.92. The lowest BCUT2D eigenvalue weighted by Gasteiger charge is -2.22. The van der Waals surface area contributed by atoms with Crippen molar-refractivity contribution in [2.45, 2.75) is 25.9 Å². The summed E-state index contributed by atoms with van der Waals surface area (Å²) in [5, 5.41) is 10.9. The molecule has 2 aromatic carbocycles. The minimum Gasteiger partial charge on any atom is -0.443 e. The fourth-order valence-electron chi connectivity index (χ4n) is 3.14. The number of nitrogens with zero attached hydrogens (tertiary/aromatic N) is 3. The first-order valence-electron chi connectivity index (χ1n) is 9.18. The van der Waals surface area contributed by atoms with Gasteiger partial charge in [0.2, 0.25) is 0 Å². The zero-order valence-corrected chi connectivity index (χ0v) is 16.7. The number of ether oxygens (including phenoxy) is 3. The first kappa shape index (κ1) is 21.0. The highest BCUT2D eigenvalue weighted by Crippen LogP contribution is 2.32. The quantitative estimate of drug-likeness (QED) is 0.382. The van der Waals surface area contributed by atoms with Crippen molar-refractivity contribution < 1.29 is 27.9 Å². The second kappa shape index (κ2) is 8.86. The fraction of sp³-hybridized carbons (Fsp3) is 0.250. The number of hydrogen-bond donors (Lipinski definition) is 0. The molecule has 1 aliphatic rings. The van der Waals surface area contributed by atoms with E-state index >= 15 is 0 Å². The van der Waals surface area contributed by atoms with Gasteiger partial charge in [0, 0.05) is 4.98 Å². The predicted octanol–water partition coefficient (Wildman–Crippen LogP) is 4.69. The van der Waals surface area contributed by atoms with Crippen LogP contribution in [0.4, 0.5) is 14.6 Å². The number of nitro groups is 1. The highest BCUT2D eigenvalue weighted by molar-refractivity contribution is 6.32. The van der Waals surface area contributed by atoms with Gasteiger partial charge >= 0.3 is 18.4 Å². The summed E-state index contributed by atoms with van der Waals surface area (Å²) >= 11 is 5.89. The summed E-state index contributed by atoms with van der Waals surface area (Å²) in [5.74, 6) is -0.353. The van der Waals surface area contributed by atoms with Crippen LogP contribution in [0.25, 0.3) is 11.1 Å². The molecule has 0 saturated heterocycles. The number of benzene rings is 2. The molecule has 1 aromatic heterocycles. The Hall–Kier alpha value is -3.24. The zero-order chi connectivity index (χ0) is 22.0. The Kier molecular flexibility index (Phi) is 6.01. The largest absolute Gasteiger partial charge is 0.443 e. The lowest BCUT2D eigenvalue weighted by Crippen LogP contribution is -2.32. The molecule has 3 aromatic rings. The van der Waals surface area contributed by atoms with E-state index in [4.69, 9.17) is 21.1 Å². The summed E-state index contributed by atoms with van der Waals surface area (Å²) in [5.41, 5.74) is 2.38. The van der Waals surface area contributed by atoms with Crippen LogP contribution in [0.15, 0.2) is 48.7 Å². The number of imidazole rings is 1. The van der Waals surface area contributed by atoms with Crippen LogP contribution in [-0.2, 0) is 17.9 Å². The van der Waals surface area contributed by atoms with Crippen molar-refractivity contribution >= 4 is 17.4 Å². The average Bonchev–Trinajstić information content (AvgIpc) is 3.18. The van der Waals surface area contributed by atoms with Crippen molar-refractivity contribution in [1.82, 2.24) is 9.55 Å². The smallest absolute Gasteiger partial charge is 0.414 e. The number of aromatic nitrogens is 2. The topological polar surface area (TPSA) is 88.7 Å². The molecule has 0 N–H and O–H groups in total. The van der Waals surface area contributed by atoms with E-state index in [2.05, 4.69) is 9.72 Å². The van der Waals surface area contributed by atoms with Crippen LogP contribution in [0.3, 0.4) is 0 Å². The maximum absolute atomic E-state index is 12.5. The van der Waals surface area contributed by atoms with E-state index in [1.54, 1.807) is 10.6 Å². The number of halogens is 3. The molecular formula is C20H16ClF2N3O5. The van der Waals surface area contributed by atoms with Gasteiger partial charge in [0.25, 0.3) is 0 Å². The molecule has 0 saturated carbocycles. The van der Waals surface area contributed by atoms with Gasteiger partial charge in [-0.1, -0.05) is 41.9 Å². The maximum atomic E-state index is 12.5. The first-order chi connectivity index (χ1) is 14.9. The standard InChI is InChI=1S/C20H16ClF2N3O5/c21-16-6-5-14(7-17(16)31-19(22)23)13-3-1-12(2-4-13)10-29-15-8-25-9-18(26(27)28)24-20(25)30-11-15/h1-7,9,15,19H,8,10-11H2/t15-/m0/s1. The molecule has 1 atom stereocenters. The summed E-state index contributed by atoms with van der Waals surface area (Å²) in [6.07, 6.45) is 1.03. The lowest BCUT2D eigenvalue weighted by atomic mass is 10.0. The molecular weight excluding hydrogens is 436 g/mol. The Morgan fingerprint density at radius 1 is 1.26 bits per heavy atom. The van der Waals surface area contributed by atoms with E-state index < -0.39 is 11.5 Å². The fourth-order valence-corrected chi connectivity index (χ4v) is 3.30. The van der Waals surface area contributed by atoms with Crippen LogP contribution in [-0.4, -0.2) is 33.8 Å². The molecule has 0 spiro atoms. The van der Waals surface area contributed by atoms with Crippen LogP contribution in [0, 0.1) is 10.1 Å². The van der Waals surface area contributed by atoms with Gasteiger partial charge in [0.05, 0.1) is 18.2 Å². The van der Waals surface area contributed by atoms with Gasteiger partial charge in [0.15, 0.2) is 0 Å². The number of rotatable bonds is 7. The second-order valence-electron chi connectivity index (χ2n) is 6.76. The molecule has 0 bridgehead atoms. The van der Waals surface area contributed by atoms with E-state index in [1.165, 1.54) is 18.3 Å². The zero-order valence-electron chi connectivity index (χ0n) is 15.9. The molecule has 31 heavy (non-hydrogen) atoms. The molecule has 162 valence electrons. The van der Waals surface area contributed by atoms with Crippen LogP contribution in [0.5, 0.6) is 11.8 Å². The third-order valence-corrected chi connectivity index (χ3v) is 4.95. The average molecular weight is 452 g/mol. The van der Waals surface area contributed by atoms with Crippen LogP contribution >= 0.6 is 11.6 Å². The van der Waals surface area contributed by atoms with Gasteiger partial charge in [-0.25, -0.2) is 0 Å². The van der Waals surface area contributed by atoms with Crippen LogP contribution in [0.2, 0.25) is 5.02 Å². The Balaban J connectivity index is 1.37. The summed E-state index contributed by atoms with van der Waals surface area (Å²) in [6, 6.07) is 12.3. The molecule has 0 aliphatic carbocycles. The third-order valence-electron chi connectivity index (χ3n) is 4.63. The van der Waals surface area contributed by atoms with Gasteiger partial charge in [-0.3, -0.25) is 4.57 Å². The predicted molar refractivity (Wildman–Crippen MR) is 106 cm³/mol. The monoisotopic (exact) mass is 451 g/mol. The Morgan fingerprint density at radius 2 is 2.00 bits per heavy atom. The first-order valence-corrected chi connectivity index (χ1v) is 9.56. The summed E-state index contributed by atoms with van der Waals surface area (Å²) in [7, 11) is 0. The minimum absolute atomic E-state index is 0.0852. The lowest BCUT2D eigenvalue weighted by molar-refractivity contribution is -0.389. The van der Waals surface area contributed by atoms with Crippen molar-refractivity contribution in [3.63, 3.8) is 0 Å². The van der Waals surface area contributed by atoms with Gasteiger partial charge in [-0.05, 0) is 33.7 Å². The second-order valence-corrected chi connectivity index (χ2v) is 7.16. The Labute approximate surface area is 180 Å². The van der Waals surface area contributed by atoms with Gasteiger partial charge in [-0.2, -0.15) is 8.78 Å². The Bertz CT molecular complexity index is 1090. The van der Waals surface area contributed by atoms with E-state index in [9.17, 15) is 18.9 Å². The Morgan fingerprint density at radius 3 is 2.71 bits per heavy atom. The number of alkyl halides is 2. The molecule has 0 amide bonds. The van der Waals surface area contributed by atoms with Crippen molar-refractivity contribution in [2.75, 3.05) is 6.61 Å². The summed E-state index contributed by atoms with van der Waals surface area (Å²) in [4.78, 5) is 14.0. The normalized spacial score (nSPS) is 15.4. The minimum atomic E-state index is -2.96. The highest BCUT2D eigenvalue weighted by atomic mass is 35.5. The molecule has 2 heterocycles. The van der Waals surface area contributed by atoms with Gasteiger partial charge in [0.1, 0.15) is 24.7 Å². The van der Waals surface area contributed by atoms with E-state index in [1.807, 2.05) is 24.3 Å². The summed E-state index contributed by atoms with van der Waals surface area (Å²) in [6.45, 7) is -2.02. The van der Waals surface area contributed by atoms with Crippen molar-refractivity contribution in [1.29, 1.82) is 0 Å². The van der Waals surface area contributed by atoms with Crippen LogP contribution < -0.4 is 9.47 Å². The van der Waals surface area contributed by atoms with Gasteiger partial charge in [-0.15, -0.1) is 0 Å². The highest BCUT2D eigenvalue weighted by Gasteiger charge is 2.28. The maximum Gasteiger partial charge on any atom is 0.414 e. The number of hydrogen-bond acceptors (Lipinski definition) is 6. The van der Waals surface area contributed by atoms with Crippen molar-refractivity contribution in [3.05, 3.63) is 69.4 Å². The molecule has 1 aliphatic heterocycles. The van der Waals surface area contributed by atoms with Crippen molar-refractivity contribution in [3.8, 4) is 22.9 Å². The molecule has 0 unspecified atom stereocenters. The SMILES string of the molecule is O=[N+]([O-])c1cn2c(n1)OC[C@@H](OCc1ccc(-c3ccc(Cl)c(OC(F)F)c3)cc1)C2. The van der Waals surface area contributed by atoms with Crippen molar-refractivity contribution in [2.24, 2.45) is 0 Å². The van der Waals surface area contributed by atoms with E-state index in [0.29, 0.717) is 18.7 Å². The molecule has 0 radical (unpaired) electrons. The summed E-state index contributed by atoms with van der Waals surface area (Å²) < 4.78 is 42.3. The molecule has 11 heteroatoms. The molecule has 8 nitrogen and oxygen atoms in total. The molecule has 4 rings (SSSR count). The molecule has 0 fully saturated rings. The van der Waals surface area contributed by atoms with E-state index in [0.717, 1.165) is 11.1 Å². The number of fused-ring (bicyclic) bond motifs is 1.